The van der Waals surface area contributed by atoms with Crippen LogP contribution < -0.4 is 4.74 Å². The van der Waals surface area contributed by atoms with Crippen LogP contribution in [0.5, 0.6) is 5.75 Å². The Bertz CT molecular complexity index is 369. The second-order valence-corrected chi connectivity index (χ2v) is 4.26. The Balaban J connectivity index is 2.25. The molecule has 0 bridgehead atoms. The molecule has 0 amide bonds. The number of rotatable bonds is 3. The first kappa shape index (κ1) is 10.2. The molecule has 0 aromatic heterocycles. The summed E-state index contributed by atoms with van der Waals surface area (Å²) in [7, 11) is 0. The number of hydrogen-bond acceptors (Lipinski definition) is 2. The van der Waals surface area contributed by atoms with E-state index in [4.69, 9.17) is 4.74 Å². The van der Waals surface area contributed by atoms with Crippen molar-refractivity contribution in [2.75, 3.05) is 0 Å². The van der Waals surface area contributed by atoms with E-state index in [0.29, 0.717) is 5.78 Å². The molecule has 0 heterocycles. The van der Waals surface area contributed by atoms with Gasteiger partial charge in [-0.2, -0.15) is 0 Å². The monoisotopic (exact) mass is 204 g/mol. The van der Waals surface area contributed by atoms with Crippen LogP contribution >= 0.6 is 0 Å². The van der Waals surface area contributed by atoms with E-state index in [9.17, 15) is 4.79 Å². The van der Waals surface area contributed by atoms with E-state index in [2.05, 4.69) is 0 Å². The van der Waals surface area contributed by atoms with Crippen LogP contribution in [0, 0.1) is 0 Å². The quantitative estimate of drug-likeness (QED) is 0.756. The molecule has 1 aromatic carbocycles. The van der Waals surface area contributed by atoms with Crippen molar-refractivity contribution in [2.24, 2.45) is 0 Å². The summed E-state index contributed by atoms with van der Waals surface area (Å²) in [6.07, 6.45) is 1.85. The Morgan fingerprint density at radius 3 is 2.60 bits per heavy atom. The first-order valence-corrected chi connectivity index (χ1v) is 5.47. The first-order valence-electron chi connectivity index (χ1n) is 5.47. The zero-order chi connectivity index (χ0) is 10.8. The van der Waals surface area contributed by atoms with Crippen LogP contribution in [-0.4, -0.2) is 11.9 Å². The Kier molecular flexibility index (Phi) is 2.76. The number of carbonyl (C=O) groups excluding carboxylic acids is 1. The molecule has 2 heteroatoms. The average Bonchev–Trinajstić information content (AvgIpc) is 2.18. The third-order valence-corrected chi connectivity index (χ3v) is 2.73. The minimum atomic E-state index is 0.0833. The zero-order valence-corrected chi connectivity index (χ0v) is 9.19. The smallest absolute Gasteiger partial charge is 0.140 e. The van der Waals surface area contributed by atoms with Gasteiger partial charge in [0.2, 0.25) is 0 Å². The number of Topliss-reactive ketones (excluding diaryl/α,β-unsaturated/α-hetero) is 1. The predicted molar refractivity (Wildman–Crippen MR) is 59.2 cm³/mol. The molecule has 80 valence electrons. The maximum Gasteiger partial charge on any atom is 0.140 e. The standard InChI is InChI=1S/C13H16O2/c1-9(2)15-13-6-4-3-5-11(13)10-7-8-12(10)14/h3-6,9-10H,7-8H2,1-2H3. The van der Waals surface area contributed by atoms with Gasteiger partial charge in [0.05, 0.1) is 6.10 Å². The molecule has 0 aliphatic heterocycles. The Morgan fingerprint density at radius 1 is 1.33 bits per heavy atom. The summed E-state index contributed by atoms with van der Waals surface area (Å²) in [4.78, 5) is 11.4. The highest BCUT2D eigenvalue weighted by molar-refractivity contribution is 5.91. The van der Waals surface area contributed by atoms with Gasteiger partial charge in [0.15, 0.2) is 0 Å². The van der Waals surface area contributed by atoms with Gasteiger partial charge in [-0.3, -0.25) is 4.79 Å². The van der Waals surface area contributed by atoms with Gasteiger partial charge in [-0.25, -0.2) is 0 Å². The molecular weight excluding hydrogens is 188 g/mol. The molecular formula is C13H16O2. The van der Waals surface area contributed by atoms with Crippen molar-refractivity contribution in [3.8, 4) is 5.75 Å². The third kappa shape index (κ3) is 2.04. The number of ketones is 1. The number of carbonyl (C=O) groups is 1. The second kappa shape index (κ2) is 4.05. The molecule has 2 rings (SSSR count). The molecule has 0 N–H and O–H groups in total. The molecule has 0 radical (unpaired) electrons. The van der Waals surface area contributed by atoms with E-state index >= 15 is 0 Å². The average molecular weight is 204 g/mol. The van der Waals surface area contributed by atoms with Gasteiger partial charge in [0, 0.05) is 17.9 Å². The lowest BCUT2D eigenvalue weighted by molar-refractivity contribution is -0.125. The Hall–Kier alpha value is -1.31. The molecule has 1 unspecified atom stereocenters. The van der Waals surface area contributed by atoms with Crippen molar-refractivity contribution in [3.05, 3.63) is 29.8 Å². The normalized spacial score (nSPS) is 20.2. The third-order valence-electron chi connectivity index (χ3n) is 2.73. The van der Waals surface area contributed by atoms with E-state index in [1.807, 2.05) is 38.1 Å². The van der Waals surface area contributed by atoms with E-state index in [0.717, 1.165) is 24.2 Å². The summed E-state index contributed by atoms with van der Waals surface area (Å²) < 4.78 is 5.70. The SMILES string of the molecule is CC(C)Oc1ccccc1C1CCC1=O. The maximum atomic E-state index is 11.4. The van der Waals surface area contributed by atoms with Crippen LogP contribution in [0.2, 0.25) is 0 Å². The molecule has 1 aromatic rings. The van der Waals surface area contributed by atoms with Crippen LogP contribution in [0.3, 0.4) is 0 Å². The van der Waals surface area contributed by atoms with E-state index < -0.39 is 0 Å². The summed E-state index contributed by atoms with van der Waals surface area (Å²) in [6.45, 7) is 4.00. The number of benzene rings is 1. The fourth-order valence-corrected chi connectivity index (χ4v) is 1.87. The molecule has 15 heavy (non-hydrogen) atoms. The highest BCUT2D eigenvalue weighted by atomic mass is 16.5. The number of hydrogen-bond donors (Lipinski definition) is 0. The van der Waals surface area contributed by atoms with Crippen molar-refractivity contribution >= 4 is 5.78 Å². The lowest BCUT2D eigenvalue weighted by Crippen LogP contribution is -2.24. The van der Waals surface area contributed by atoms with Crippen molar-refractivity contribution in [1.82, 2.24) is 0 Å². The lowest BCUT2D eigenvalue weighted by atomic mass is 9.78. The molecule has 0 saturated heterocycles. The van der Waals surface area contributed by atoms with Crippen molar-refractivity contribution in [3.63, 3.8) is 0 Å². The molecule has 2 nitrogen and oxygen atoms in total. The van der Waals surface area contributed by atoms with Crippen LogP contribution in [0.4, 0.5) is 0 Å². The van der Waals surface area contributed by atoms with E-state index in [1.54, 1.807) is 0 Å². The minimum absolute atomic E-state index is 0.0833. The number of ether oxygens (including phenoxy) is 1. The van der Waals surface area contributed by atoms with E-state index in [-0.39, 0.29) is 12.0 Å². The fraction of sp³-hybridized carbons (Fsp3) is 0.462. The van der Waals surface area contributed by atoms with Crippen molar-refractivity contribution < 1.29 is 9.53 Å². The van der Waals surface area contributed by atoms with Crippen LogP contribution in [0.25, 0.3) is 0 Å². The predicted octanol–water partition coefficient (Wildman–Crippen LogP) is 2.92. The highest BCUT2D eigenvalue weighted by Crippen LogP contribution is 2.38. The summed E-state index contributed by atoms with van der Waals surface area (Å²) in [5.41, 5.74) is 1.06. The summed E-state index contributed by atoms with van der Waals surface area (Å²) in [5.74, 6) is 1.29. The van der Waals surface area contributed by atoms with Gasteiger partial charge in [-0.15, -0.1) is 0 Å². The second-order valence-electron chi connectivity index (χ2n) is 4.26. The Morgan fingerprint density at radius 2 is 2.07 bits per heavy atom. The Labute approximate surface area is 90.3 Å². The van der Waals surface area contributed by atoms with Gasteiger partial charge in [0.1, 0.15) is 11.5 Å². The molecule has 1 fully saturated rings. The van der Waals surface area contributed by atoms with Crippen LogP contribution in [-0.2, 0) is 4.79 Å². The summed E-state index contributed by atoms with van der Waals surface area (Å²) in [6, 6.07) is 7.86. The van der Waals surface area contributed by atoms with Gasteiger partial charge in [-0.05, 0) is 26.3 Å². The van der Waals surface area contributed by atoms with Crippen LogP contribution in [0.1, 0.15) is 38.2 Å². The minimum Gasteiger partial charge on any atom is -0.491 e. The molecule has 0 spiro atoms. The topological polar surface area (TPSA) is 26.3 Å². The van der Waals surface area contributed by atoms with Gasteiger partial charge in [0.25, 0.3) is 0 Å². The first-order chi connectivity index (χ1) is 7.18. The maximum absolute atomic E-state index is 11.4. The van der Waals surface area contributed by atoms with Gasteiger partial charge < -0.3 is 4.74 Å². The molecule has 1 aliphatic carbocycles. The van der Waals surface area contributed by atoms with Crippen molar-refractivity contribution in [1.29, 1.82) is 0 Å². The molecule has 1 atom stereocenters. The van der Waals surface area contributed by atoms with Gasteiger partial charge >= 0.3 is 0 Å². The highest BCUT2D eigenvalue weighted by Gasteiger charge is 2.31. The fourth-order valence-electron chi connectivity index (χ4n) is 1.87. The summed E-state index contributed by atoms with van der Waals surface area (Å²) in [5, 5.41) is 0. The summed E-state index contributed by atoms with van der Waals surface area (Å²) >= 11 is 0. The van der Waals surface area contributed by atoms with Crippen LogP contribution in [0.15, 0.2) is 24.3 Å². The zero-order valence-electron chi connectivity index (χ0n) is 9.19. The lowest BCUT2D eigenvalue weighted by Gasteiger charge is -2.26. The molecule has 1 saturated carbocycles. The van der Waals surface area contributed by atoms with E-state index in [1.165, 1.54) is 0 Å². The van der Waals surface area contributed by atoms with Gasteiger partial charge in [-0.1, -0.05) is 18.2 Å². The number of para-hydroxylation sites is 1. The van der Waals surface area contributed by atoms with Crippen molar-refractivity contribution in [2.45, 2.75) is 38.7 Å². The largest absolute Gasteiger partial charge is 0.491 e. The molecule has 1 aliphatic rings.